The van der Waals surface area contributed by atoms with Crippen LogP contribution in [-0.4, -0.2) is 20.9 Å². The minimum absolute atomic E-state index is 0.0233. The van der Waals surface area contributed by atoms with Crippen LogP contribution in [0.25, 0.3) is 0 Å². The Kier molecular flexibility index (Phi) is 3.48. The Morgan fingerprint density at radius 1 is 1.37 bits per heavy atom. The van der Waals surface area contributed by atoms with E-state index in [-0.39, 0.29) is 16.3 Å². The third-order valence-electron chi connectivity index (χ3n) is 2.84. The Morgan fingerprint density at radius 2 is 2.05 bits per heavy atom. The Morgan fingerprint density at radius 3 is 2.58 bits per heavy atom. The number of hydrogen-bond acceptors (Lipinski definition) is 3. The van der Waals surface area contributed by atoms with Crippen LogP contribution in [0.4, 0.5) is 0 Å². The van der Waals surface area contributed by atoms with E-state index < -0.39 is 5.97 Å². The molecule has 5 nitrogen and oxygen atoms in total. The van der Waals surface area contributed by atoms with Crippen LogP contribution in [0.15, 0.2) is 18.2 Å². The van der Waals surface area contributed by atoms with Crippen LogP contribution in [0.2, 0.25) is 5.02 Å². The van der Waals surface area contributed by atoms with Gasteiger partial charge in [0.25, 0.3) is 0 Å². The number of rotatable bonds is 3. The summed E-state index contributed by atoms with van der Waals surface area (Å²) in [6.45, 7) is 3.63. The summed E-state index contributed by atoms with van der Waals surface area (Å²) in [4.78, 5) is 11.2. The molecular weight excluding hydrogens is 268 g/mol. The Hall–Kier alpha value is -2.01. The molecule has 0 spiro atoms. The first kappa shape index (κ1) is 13.4. The van der Waals surface area contributed by atoms with Crippen molar-refractivity contribution in [2.75, 3.05) is 0 Å². The molecule has 1 N–H and O–H groups in total. The van der Waals surface area contributed by atoms with Crippen molar-refractivity contribution in [1.29, 1.82) is 0 Å². The van der Waals surface area contributed by atoms with Gasteiger partial charge in [-0.2, -0.15) is 5.10 Å². The van der Waals surface area contributed by atoms with Crippen molar-refractivity contribution in [1.82, 2.24) is 9.78 Å². The molecule has 100 valence electrons. The van der Waals surface area contributed by atoms with Crippen molar-refractivity contribution in [3.63, 3.8) is 0 Å². The quantitative estimate of drug-likeness (QED) is 0.938. The van der Waals surface area contributed by atoms with Crippen LogP contribution in [0.3, 0.4) is 0 Å². The molecule has 19 heavy (non-hydrogen) atoms. The number of carboxylic acids is 1. The minimum Gasteiger partial charge on any atom is -0.478 e. The fourth-order valence-electron chi connectivity index (χ4n) is 1.78. The van der Waals surface area contributed by atoms with Gasteiger partial charge in [0.1, 0.15) is 11.3 Å². The van der Waals surface area contributed by atoms with Gasteiger partial charge in [-0.3, -0.25) is 4.68 Å². The molecule has 0 saturated carbocycles. The van der Waals surface area contributed by atoms with E-state index in [0.29, 0.717) is 11.4 Å². The van der Waals surface area contributed by atoms with E-state index >= 15 is 0 Å². The average Bonchev–Trinajstić information content (AvgIpc) is 2.57. The summed E-state index contributed by atoms with van der Waals surface area (Å²) < 4.78 is 7.36. The number of ether oxygens (including phenoxy) is 1. The van der Waals surface area contributed by atoms with Crippen LogP contribution >= 0.6 is 11.6 Å². The predicted octanol–water partition coefficient (Wildman–Crippen LogP) is 3.18. The van der Waals surface area contributed by atoms with E-state index in [4.69, 9.17) is 21.4 Å². The number of hydrogen-bond donors (Lipinski definition) is 1. The predicted molar refractivity (Wildman–Crippen MR) is 71.2 cm³/mol. The molecule has 6 heteroatoms. The van der Waals surface area contributed by atoms with Gasteiger partial charge < -0.3 is 9.84 Å². The largest absolute Gasteiger partial charge is 0.478 e. The van der Waals surface area contributed by atoms with Crippen molar-refractivity contribution in [2.45, 2.75) is 13.8 Å². The Balaban J connectivity index is 2.52. The molecule has 0 saturated heterocycles. The van der Waals surface area contributed by atoms with Gasteiger partial charge in [-0.05, 0) is 26.0 Å². The number of aromatic nitrogens is 2. The Labute approximate surface area is 115 Å². The molecule has 0 atom stereocenters. The fourth-order valence-corrected chi connectivity index (χ4v) is 2.00. The first-order valence-electron chi connectivity index (χ1n) is 5.61. The highest BCUT2D eigenvalue weighted by molar-refractivity contribution is 6.32. The van der Waals surface area contributed by atoms with E-state index in [0.717, 1.165) is 5.69 Å². The lowest BCUT2D eigenvalue weighted by Gasteiger charge is -2.10. The topological polar surface area (TPSA) is 64.4 Å². The molecule has 0 unspecified atom stereocenters. The lowest BCUT2D eigenvalue weighted by atomic mass is 10.2. The highest BCUT2D eigenvalue weighted by Gasteiger charge is 2.19. The minimum atomic E-state index is -1.09. The zero-order valence-electron chi connectivity index (χ0n) is 10.8. The second-order valence-corrected chi connectivity index (χ2v) is 4.55. The van der Waals surface area contributed by atoms with E-state index in [1.54, 1.807) is 30.8 Å². The van der Waals surface area contributed by atoms with Gasteiger partial charge in [-0.15, -0.1) is 0 Å². The van der Waals surface area contributed by atoms with E-state index in [9.17, 15) is 4.79 Å². The van der Waals surface area contributed by atoms with Crippen molar-refractivity contribution >= 4 is 17.6 Å². The SMILES string of the molecule is Cc1nn(C)c(C)c1Oc1c(Cl)cccc1C(=O)O. The summed E-state index contributed by atoms with van der Waals surface area (Å²) in [5.41, 5.74) is 1.50. The summed E-state index contributed by atoms with van der Waals surface area (Å²) in [6.07, 6.45) is 0. The van der Waals surface area contributed by atoms with Gasteiger partial charge in [0.05, 0.1) is 10.7 Å². The van der Waals surface area contributed by atoms with Gasteiger partial charge in [-0.1, -0.05) is 17.7 Å². The molecule has 2 rings (SSSR count). The number of aryl methyl sites for hydroxylation is 2. The summed E-state index contributed by atoms with van der Waals surface area (Å²) in [6, 6.07) is 4.61. The third-order valence-corrected chi connectivity index (χ3v) is 3.14. The summed E-state index contributed by atoms with van der Waals surface area (Å²) >= 11 is 6.02. The molecule has 0 aliphatic heterocycles. The molecule has 0 radical (unpaired) electrons. The molecule has 1 aromatic carbocycles. The summed E-state index contributed by atoms with van der Waals surface area (Å²) in [5.74, 6) is -0.425. The maximum atomic E-state index is 11.2. The standard InChI is InChI=1S/C13H13ClN2O3/c1-7-11(8(2)16(3)15-7)19-12-9(13(17)18)5-4-6-10(12)14/h4-6H,1-3H3,(H,17,18). The second-order valence-electron chi connectivity index (χ2n) is 4.15. The average molecular weight is 281 g/mol. The highest BCUT2D eigenvalue weighted by Crippen LogP contribution is 2.35. The number of carboxylic acid groups (broad SMARTS) is 1. The maximum absolute atomic E-state index is 11.2. The second kappa shape index (κ2) is 4.93. The highest BCUT2D eigenvalue weighted by atomic mass is 35.5. The molecule has 0 aliphatic carbocycles. The number of para-hydroxylation sites is 1. The molecule has 1 aromatic heterocycles. The number of carbonyl (C=O) groups is 1. The molecule has 2 aromatic rings. The van der Waals surface area contributed by atoms with Crippen LogP contribution in [0.5, 0.6) is 11.5 Å². The lowest BCUT2D eigenvalue weighted by Crippen LogP contribution is -2.01. The van der Waals surface area contributed by atoms with Crippen molar-refractivity contribution in [3.05, 3.63) is 40.2 Å². The molecule has 0 bridgehead atoms. The first-order chi connectivity index (χ1) is 8.91. The number of benzene rings is 1. The monoisotopic (exact) mass is 280 g/mol. The van der Waals surface area contributed by atoms with Gasteiger partial charge in [0.2, 0.25) is 0 Å². The molecule has 0 aliphatic rings. The Bertz CT molecular complexity index is 650. The normalized spacial score (nSPS) is 10.5. The van der Waals surface area contributed by atoms with Gasteiger partial charge in [0.15, 0.2) is 11.5 Å². The van der Waals surface area contributed by atoms with Gasteiger partial charge >= 0.3 is 5.97 Å². The van der Waals surface area contributed by atoms with Crippen LogP contribution in [0.1, 0.15) is 21.7 Å². The fraction of sp³-hybridized carbons (Fsp3) is 0.231. The maximum Gasteiger partial charge on any atom is 0.339 e. The van der Waals surface area contributed by atoms with Crippen molar-refractivity contribution in [3.8, 4) is 11.5 Å². The molecule has 0 fully saturated rings. The van der Waals surface area contributed by atoms with Gasteiger partial charge in [0, 0.05) is 7.05 Å². The van der Waals surface area contributed by atoms with E-state index in [2.05, 4.69) is 5.10 Å². The van der Waals surface area contributed by atoms with E-state index in [1.807, 2.05) is 6.92 Å². The number of aromatic carboxylic acids is 1. The number of halogens is 1. The molecule has 0 amide bonds. The molecule has 1 heterocycles. The lowest BCUT2D eigenvalue weighted by molar-refractivity contribution is 0.0694. The first-order valence-corrected chi connectivity index (χ1v) is 5.99. The smallest absolute Gasteiger partial charge is 0.339 e. The third kappa shape index (κ3) is 2.42. The van der Waals surface area contributed by atoms with Crippen LogP contribution in [-0.2, 0) is 7.05 Å². The van der Waals surface area contributed by atoms with Crippen LogP contribution in [0, 0.1) is 13.8 Å². The van der Waals surface area contributed by atoms with Crippen molar-refractivity contribution in [2.24, 2.45) is 7.05 Å². The number of nitrogens with zero attached hydrogens (tertiary/aromatic N) is 2. The van der Waals surface area contributed by atoms with Crippen molar-refractivity contribution < 1.29 is 14.6 Å². The zero-order chi connectivity index (χ0) is 14.2. The zero-order valence-corrected chi connectivity index (χ0v) is 11.5. The van der Waals surface area contributed by atoms with Crippen LogP contribution < -0.4 is 4.74 Å². The molecular formula is C13H13ClN2O3. The summed E-state index contributed by atoms with van der Waals surface area (Å²) in [5, 5.41) is 13.6. The van der Waals surface area contributed by atoms with Gasteiger partial charge in [-0.25, -0.2) is 4.79 Å². The summed E-state index contributed by atoms with van der Waals surface area (Å²) in [7, 11) is 1.79. The van der Waals surface area contributed by atoms with E-state index in [1.165, 1.54) is 6.07 Å².